The van der Waals surface area contributed by atoms with E-state index in [2.05, 4.69) is 15.8 Å². The molecule has 1 aromatic heterocycles. The molecule has 170 valence electrons. The Balaban J connectivity index is 1.66. The fourth-order valence-electron chi connectivity index (χ4n) is 2.90. The van der Waals surface area contributed by atoms with Gasteiger partial charge in [0.25, 0.3) is 0 Å². The van der Waals surface area contributed by atoms with Gasteiger partial charge in [-0.15, -0.1) is 0 Å². The van der Waals surface area contributed by atoms with E-state index >= 15 is 0 Å². The Morgan fingerprint density at radius 1 is 0.970 bits per heavy atom. The normalized spacial score (nSPS) is 11.0. The molecule has 0 radical (unpaired) electrons. The number of aryl methyl sites for hydroxylation is 2. The molecule has 0 aliphatic heterocycles. The lowest BCUT2D eigenvalue weighted by molar-refractivity contribution is -0.136. The van der Waals surface area contributed by atoms with Crippen LogP contribution in [-0.4, -0.2) is 30.6 Å². The lowest BCUT2D eigenvalue weighted by Crippen LogP contribution is -2.33. The Labute approximate surface area is 190 Å². The predicted octanol–water partition coefficient (Wildman–Crippen LogP) is 3.60. The molecule has 0 aliphatic carbocycles. The van der Waals surface area contributed by atoms with Gasteiger partial charge >= 0.3 is 17.8 Å². The molecule has 0 atom stereocenters. The van der Waals surface area contributed by atoms with E-state index in [1.165, 1.54) is 25.5 Å². The highest BCUT2D eigenvalue weighted by molar-refractivity contribution is 6.39. The zero-order valence-electron chi connectivity index (χ0n) is 18.6. The van der Waals surface area contributed by atoms with Crippen molar-refractivity contribution in [3.8, 4) is 11.5 Å². The number of carbonyl (C=O) groups excluding carboxylic acids is 3. The van der Waals surface area contributed by atoms with Crippen LogP contribution in [0.2, 0.25) is 0 Å². The molecule has 1 heterocycles. The molecule has 0 aliphatic rings. The van der Waals surface area contributed by atoms with Gasteiger partial charge in [-0.2, -0.15) is 5.10 Å². The van der Waals surface area contributed by atoms with Gasteiger partial charge in [-0.1, -0.05) is 17.7 Å². The maximum atomic E-state index is 12.2. The Bertz CT molecular complexity index is 1210. The number of furan rings is 1. The molecule has 0 saturated carbocycles. The summed E-state index contributed by atoms with van der Waals surface area (Å²) in [5.74, 6) is -1.89. The molecular formula is C24H23N3O6. The number of amides is 2. The van der Waals surface area contributed by atoms with Crippen molar-refractivity contribution in [1.82, 2.24) is 5.43 Å². The van der Waals surface area contributed by atoms with Crippen molar-refractivity contribution < 1.29 is 28.3 Å². The summed E-state index contributed by atoms with van der Waals surface area (Å²) in [5.41, 5.74) is 5.66. The first kappa shape index (κ1) is 23.3. The van der Waals surface area contributed by atoms with Gasteiger partial charge in [-0.05, 0) is 62.7 Å². The third kappa shape index (κ3) is 5.85. The monoisotopic (exact) mass is 449 g/mol. The van der Waals surface area contributed by atoms with E-state index in [0.29, 0.717) is 17.0 Å². The summed E-state index contributed by atoms with van der Waals surface area (Å²) >= 11 is 0. The molecule has 0 spiro atoms. The topological polar surface area (TPSA) is 119 Å². The first-order chi connectivity index (χ1) is 15.8. The van der Waals surface area contributed by atoms with Crippen LogP contribution in [0, 0.1) is 13.8 Å². The molecule has 33 heavy (non-hydrogen) atoms. The average molecular weight is 449 g/mol. The summed E-state index contributed by atoms with van der Waals surface area (Å²) in [5, 5.41) is 6.54. The van der Waals surface area contributed by atoms with E-state index in [1.54, 1.807) is 31.2 Å². The Kier molecular flexibility index (Phi) is 7.24. The minimum Gasteiger partial charge on any atom is -0.493 e. The van der Waals surface area contributed by atoms with Gasteiger partial charge in [0.15, 0.2) is 11.5 Å². The van der Waals surface area contributed by atoms with Gasteiger partial charge in [0.1, 0.15) is 0 Å². The first-order valence-corrected chi connectivity index (χ1v) is 9.95. The first-order valence-electron chi connectivity index (χ1n) is 9.95. The predicted molar refractivity (Wildman–Crippen MR) is 122 cm³/mol. The smallest absolute Gasteiger partial charge is 0.379 e. The van der Waals surface area contributed by atoms with E-state index in [9.17, 15) is 14.4 Å². The van der Waals surface area contributed by atoms with Gasteiger partial charge in [0.2, 0.25) is 5.76 Å². The number of benzene rings is 2. The van der Waals surface area contributed by atoms with E-state index in [4.69, 9.17) is 13.9 Å². The lowest BCUT2D eigenvalue weighted by Gasteiger charge is -2.11. The van der Waals surface area contributed by atoms with E-state index in [0.717, 1.165) is 11.1 Å². The molecule has 2 amide bonds. The average Bonchev–Trinajstić information content (AvgIpc) is 3.34. The van der Waals surface area contributed by atoms with Crippen LogP contribution < -0.4 is 20.2 Å². The van der Waals surface area contributed by atoms with Crippen molar-refractivity contribution in [3.05, 3.63) is 77.2 Å². The van der Waals surface area contributed by atoms with Gasteiger partial charge in [0, 0.05) is 11.3 Å². The highest BCUT2D eigenvalue weighted by atomic mass is 16.6. The van der Waals surface area contributed by atoms with Crippen molar-refractivity contribution in [2.45, 2.75) is 20.8 Å². The van der Waals surface area contributed by atoms with Crippen molar-refractivity contribution in [3.63, 3.8) is 0 Å². The van der Waals surface area contributed by atoms with Crippen LogP contribution in [0.5, 0.6) is 11.5 Å². The summed E-state index contributed by atoms with van der Waals surface area (Å²) in [6, 6.07) is 13.3. The molecule has 3 aromatic rings. The van der Waals surface area contributed by atoms with E-state index in [1.807, 2.05) is 26.0 Å². The SMILES string of the molecule is COc1cc(/C(C)=N/NC(=O)C(=O)Nc2ccc(C)cc2C)ccc1OC(=O)c1ccco1. The van der Waals surface area contributed by atoms with Crippen LogP contribution in [0.1, 0.15) is 34.2 Å². The van der Waals surface area contributed by atoms with Crippen molar-refractivity contribution in [1.29, 1.82) is 0 Å². The van der Waals surface area contributed by atoms with Crippen LogP contribution in [0.4, 0.5) is 5.69 Å². The van der Waals surface area contributed by atoms with Gasteiger partial charge in [-0.25, -0.2) is 10.2 Å². The lowest BCUT2D eigenvalue weighted by atomic mass is 10.1. The van der Waals surface area contributed by atoms with Crippen molar-refractivity contribution in [2.24, 2.45) is 5.10 Å². The maximum absolute atomic E-state index is 12.2. The summed E-state index contributed by atoms with van der Waals surface area (Å²) in [7, 11) is 1.43. The number of carbonyl (C=O) groups is 3. The minimum absolute atomic E-state index is 0.0562. The van der Waals surface area contributed by atoms with Gasteiger partial charge in [-0.3, -0.25) is 9.59 Å². The van der Waals surface area contributed by atoms with Crippen LogP contribution in [0.3, 0.4) is 0 Å². The quantitative estimate of drug-likeness (QED) is 0.195. The van der Waals surface area contributed by atoms with Crippen LogP contribution in [-0.2, 0) is 9.59 Å². The number of nitrogens with zero attached hydrogens (tertiary/aromatic N) is 1. The summed E-state index contributed by atoms with van der Waals surface area (Å²) in [4.78, 5) is 36.4. The standard InChI is InChI=1S/C24H23N3O6/c1-14-7-9-18(15(2)12-14)25-22(28)23(29)27-26-16(3)17-8-10-19(21(13-17)31-4)33-24(30)20-6-5-11-32-20/h5-13H,1-4H3,(H,25,28)(H,27,29)/b26-16+. The Hall–Kier alpha value is -4.40. The summed E-state index contributed by atoms with van der Waals surface area (Å²) in [6.07, 6.45) is 1.37. The number of esters is 1. The van der Waals surface area contributed by atoms with Crippen molar-refractivity contribution >= 4 is 29.2 Å². The number of nitrogens with one attached hydrogen (secondary N) is 2. The Morgan fingerprint density at radius 2 is 1.76 bits per heavy atom. The highest BCUT2D eigenvalue weighted by Crippen LogP contribution is 2.29. The minimum atomic E-state index is -0.912. The van der Waals surface area contributed by atoms with Crippen molar-refractivity contribution in [2.75, 3.05) is 12.4 Å². The summed E-state index contributed by atoms with van der Waals surface area (Å²) in [6.45, 7) is 5.42. The molecule has 0 fully saturated rings. The molecule has 3 rings (SSSR count). The molecule has 0 saturated heterocycles. The molecule has 2 N–H and O–H groups in total. The number of rotatable bonds is 6. The number of hydrogen-bond donors (Lipinski definition) is 2. The zero-order valence-corrected chi connectivity index (χ0v) is 18.6. The second-order valence-electron chi connectivity index (χ2n) is 7.14. The van der Waals surface area contributed by atoms with Crippen LogP contribution in [0.25, 0.3) is 0 Å². The number of methoxy groups -OCH3 is 1. The third-order valence-electron chi connectivity index (χ3n) is 4.67. The number of anilines is 1. The van der Waals surface area contributed by atoms with Crippen LogP contribution in [0.15, 0.2) is 64.3 Å². The molecular weight excluding hydrogens is 426 g/mol. The maximum Gasteiger partial charge on any atom is 0.379 e. The third-order valence-corrected chi connectivity index (χ3v) is 4.67. The molecule has 9 heteroatoms. The second-order valence-corrected chi connectivity index (χ2v) is 7.14. The van der Waals surface area contributed by atoms with E-state index < -0.39 is 17.8 Å². The largest absolute Gasteiger partial charge is 0.493 e. The van der Waals surface area contributed by atoms with Gasteiger partial charge in [0.05, 0.1) is 19.1 Å². The fraction of sp³-hybridized carbons (Fsp3) is 0.167. The number of hydrogen-bond acceptors (Lipinski definition) is 7. The number of hydrazone groups is 1. The zero-order chi connectivity index (χ0) is 24.0. The fourth-order valence-corrected chi connectivity index (χ4v) is 2.90. The number of ether oxygens (including phenoxy) is 2. The highest BCUT2D eigenvalue weighted by Gasteiger charge is 2.17. The molecule has 9 nitrogen and oxygen atoms in total. The molecule has 0 unspecified atom stereocenters. The summed E-state index contributed by atoms with van der Waals surface area (Å²) < 4.78 is 15.6. The molecule has 0 bridgehead atoms. The van der Waals surface area contributed by atoms with Gasteiger partial charge < -0.3 is 19.2 Å². The van der Waals surface area contributed by atoms with E-state index in [-0.39, 0.29) is 17.3 Å². The Morgan fingerprint density at radius 3 is 2.42 bits per heavy atom. The van der Waals surface area contributed by atoms with Crippen LogP contribution >= 0.6 is 0 Å². The molecule has 2 aromatic carbocycles. The second kappa shape index (κ2) is 10.3.